The zero-order valence-electron chi connectivity index (χ0n) is 9.64. The van der Waals surface area contributed by atoms with E-state index in [4.69, 9.17) is 5.73 Å². The topological polar surface area (TPSA) is 46.3 Å². The summed E-state index contributed by atoms with van der Waals surface area (Å²) in [7, 11) is 0. The fourth-order valence-corrected chi connectivity index (χ4v) is 2.04. The molecule has 0 aromatic rings. The third-order valence-corrected chi connectivity index (χ3v) is 3.01. The molecule has 1 unspecified atom stereocenters. The molecular weight excluding hydrogens is 259 g/mol. The molecule has 0 bridgehead atoms. The molecule has 8 heteroatoms. The van der Waals surface area contributed by atoms with E-state index in [0.29, 0.717) is 30.7 Å². The van der Waals surface area contributed by atoms with E-state index in [1.165, 1.54) is 0 Å². The summed E-state index contributed by atoms with van der Waals surface area (Å²) < 4.78 is 62.0. The Kier molecular flexibility index (Phi) is 4.52. The van der Waals surface area contributed by atoms with Crippen LogP contribution in [0.3, 0.4) is 0 Å². The fraction of sp³-hybridized carbons (Fsp3) is 0.900. The van der Waals surface area contributed by atoms with E-state index in [2.05, 4.69) is 0 Å². The lowest BCUT2D eigenvalue weighted by atomic mass is 9.94. The van der Waals surface area contributed by atoms with Crippen molar-refractivity contribution in [3.05, 3.63) is 0 Å². The molecule has 1 heterocycles. The molecule has 1 fully saturated rings. The maximum atomic E-state index is 12.9. The van der Waals surface area contributed by atoms with Gasteiger partial charge in [-0.3, -0.25) is 4.79 Å². The van der Waals surface area contributed by atoms with Gasteiger partial charge in [-0.1, -0.05) is 0 Å². The molecule has 0 radical (unpaired) electrons. The van der Waals surface area contributed by atoms with E-state index in [1.807, 2.05) is 0 Å². The molecule has 0 aliphatic carbocycles. The van der Waals surface area contributed by atoms with Crippen LogP contribution in [-0.4, -0.2) is 42.5 Å². The number of halogens is 5. The highest BCUT2D eigenvalue weighted by atomic mass is 19.4. The van der Waals surface area contributed by atoms with Gasteiger partial charge in [0.1, 0.15) is 0 Å². The molecule has 1 aliphatic heterocycles. The number of nitrogens with zero attached hydrogens (tertiary/aromatic N) is 1. The predicted molar refractivity (Wildman–Crippen MR) is 54.0 cm³/mol. The Morgan fingerprint density at radius 1 is 1.28 bits per heavy atom. The van der Waals surface area contributed by atoms with Gasteiger partial charge in [-0.2, -0.15) is 22.0 Å². The van der Waals surface area contributed by atoms with Crippen molar-refractivity contribution >= 4 is 5.91 Å². The summed E-state index contributed by atoms with van der Waals surface area (Å²) in [6.45, 7) is 0.176. The average molecular weight is 274 g/mol. The standard InChI is InChI=1S/C10H15F5N2O/c11-9(12,10(13,14)15)8(18)17-5-1-2-7(6-17)3-4-16/h7H,1-6,16H2. The highest BCUT2D eigenvalue weighted by Gasteiger charge is 2.64. The molecule has 0 aromatic carbocycles. The minimum absolute atomic E-state index is 0.0639. The van der Waals surface area contributed by atoms with Gasteiger partial charge in [0.2, 0.25) is 0 Å². The van der Waals surface area contributed by atoms with Crippen LogP contribution in [0.4, 0.5) is 22.0 Å². The second-order valence-corrected chi connectivity index (χ2v) is 4.41. The molecule has 0 spiro atoms. The van der Waals surface area contributed by atoms with E-state index in [0.717, 1.165) is 0 Å². The molecule has 1 saturated heterocycles. The molecule has 1 rings (SSSR count). The number of likely N-dealkylation sites (tertiary alicyclic amines) is 1. The number of hydrogen-bond donors (Lipinski definition) is 1. The van der Waals surface area contributed by atoms with Crippen LogP contribution >= 0.6 is 0 Å². The zero-order valence-corrected chi connectivity index (χ0v) is 9.64. The zero-order chi connectivity index (χ0) is 14.0. The van der Waals surface area contributed by atoms with E-state index in [1.54, 1.807) is 0 Å². The summed E-state index contributed by atoms with van der Waals surface area (Å²) in [5.41, 5.74) is 5.30. The van der Waals surface area contributed by atoms with Gasteiger partial charge in [0, 0.05) is 13.1 Å². The molecule has 2 N–H and O–H groups in total. The van der Waals surface area contributed by atoms with Gasteiger partial charge in [-0.15, -0.1) is 0 Å². The second kappa shape index (κ2) is 5.38. The van der Waals surface area contributed by atoms with Crippen LogP contribution in [0.15, 0.2) is 0 Å². The van der Waals surface area contributed by atoms with Crippen LogP contribution in [0.25, 0.3) is 0 Å². The lowest BCUT2D eigenvalue weighted by Gasteiger charge is -2.35. The van der Waals surface area contributed by atoms with Gasteiger partial charge < -0.3 is 10.6 Å². The van der Waals surface area contributed by atoms with E-state index >= 15 is 0 Å². The number of rotatable bonds is 3. The Hall–Kier alpha value is -0.920. The molecule has 18 heavy (non-hydrogen) atoms. The van der Waals surface area contributed by atoms with Crippen LogP contribution in [0.5, 0.6) is 0 Å². The van der Waals surface area contributed by atoms with E-state index in [-0.39, 0.29) is 19.0 Å². The van der Waals surface area contributed by atoms with Gasteiger partial charge in [0.15, 0.2) is 0 Å². The molecular formula is C10H15F5N2O. The van der Waals surface area contributed by atoms with Gasteiger partial charge in [-0.25, -0.2) is 0 Å². The summed E-state index contributed by atoms with van der Waals surface area (Å²) in [5.74, 6) is -7.56. The van der Waals surface area contributed by atoms with Crippen molar-refractivity contribution in [3.8, 4) is 0 Å². The normalized spacial score (nSPS) is 22.1. The third kappa shape index (κ3) is 3.09. The maximum absolute atomic E-state index is 12.9. The average Bonchev–Trinajstić information content (AvgIpc) is 2.27. The van der Waals surface area contributed by atoms with Gasteiger partial charge in [-0.05, 0) is 31.7 Å². The Morgan fingerprint density at radius 3 is 2.39 bits per heavy atom. The van der Waals surface area contributed by atoms with Crippen molar-refractivity contribution in [2.75, 3.05) is 19.6 Å². The molecule has 0 aromatic heterocycles. The number of alkyl halides is 5. The van der Waals surface area contributed by atoms with Gasteiger partial charge in [0.05, 0.1) is 0 Å². The molecule has 1 atom stereocenters. The monoisotopic (exact) mass is 274 g/mol. The Balaban J connectivity index is 2.72. The van der Waals surface area contributed by atoms with Crippen molar-refractivity contribution in [2.45, 2.75) is 31.4 Å². The lowest BCUT2D eigenvalue weighted by Crippen LogP contribution is -2.54. The van der Waals surface area contributed by atoms with E-state index < -0.39 is 18.0 Å². The largest absolute Gasteiger partial charge is 0.463 e. The molecule has 106 valence electrons. The first-order valence-electron chi connectivity index (χ1n) is 5.64. The number of carbonyl (C=O) groups excluding carboxylic acids is 1. The molecule has 3 nitrogen and oxygen atoms in total. The summed E-state index contributed by atoms with van der Waals surface area (Å²) in [4.78, 5) is 11.8. The van der Waals surface area contributed by atoms with Crippen molar-refractivity contribution in [1.82, 2.24) is 4.90 Å². The third-order valence-electron chi connectivity index (χ3n) is 3.01. The minimum atomic E-state index is -5.84. The van der Waals surface area contributed by atoms with Crippen molar-refractivity contribution in [2.24, 2.45) is 11.7 Å². The van der Waals surface area contributed by atoms with E-state index in [9.17, 15) is 26.7 Å². The van der Waals surface area contributed by atoms with Gasteiger partial charge in [0.25, 0.3) is 0 Å². The number of piperidine rings is 1. The van der Waals surface area contributed by atoms with Crippen molar-refractivity contribution < 1.29 is 26.7 Å². The maximum Gasteiger partial charge on any atom is 0.463 e. The molecule has 1 amide bonds. The number of amides is 1. The van der Waals surface area contributed by atoms with Crippen LogP contribution in [0, 0.1) is 5.92 Å². The highest BCUT2D eigenvalue weighted by Crippen LogP contribution is 2.37. The van der Waals surface area contributed by atoms with Crippen LogP contribution in [-0.2, 0) is 4.79 Å². The summed E-state index contributed by atoms with van der Waals surface area (Å²) in [6.07, 6.45) is -4.21. The van der Waals surface area contributed by atoms with Crippen LogP contribution in [0.1, 0.15) is 19.3 Å². The molecule has 1 aliphatic rings. The fourth-order valence-electron chi connectivity index (χ4n) is 2.04. The molecule has 0 saturated carbocycles. The number of carbonyl (C=O) groups is 1. The quantitative estimate of drug-likeness (QED) is 0.797. The smallest absolute Gasteiger partial charge is 0.337 e. The number of nitrogens with two attached hydrogens (primary N) is 1. The number of hydrogen-bond acceptors (Lipinski definition) is 2. The Labute approximate surface area is 101 Å². The van der Waals surface area contributed by atoms with Crippen LogP contribution in [0.2, 0.25) is 0 Å². The minimum Gasteiger partial charge on any atom is -0.337 e. The highest BCUT2D eigenvalue weighted by molar-refractivity contribution is 5.84. The Morgan fingerprint density at radius 2 is 1.89 bits per heavy atom. The summed E-state index contributed by atoms with van der Waals surface area (Å²) in [6, 6.07) is 0. The first-order valence-corrected chi connectivity index (χ1v) is 5.64. The van der Waals surface area contributed by atoms with Crippen molar-refractivity contribution in [1.29, 1.82) is 0 Å². The van der Waals surface area contributed by atoms with Crippen molar-refractivity contribution in [3.63, 3.8) is 0 Å². The predicted octanol–water partition coefficient (Wildman–Crippen LogP) is 1.77. The second-order valence-electron chi connectivity index (χ2n) is 4.41. The first-order chi connectivity index (χ1) is 8.20. The first kappa shape index (κ1) is 15.1. The lowest BCUT2D eigenvalue weighted by molar-refractivity contribution is -0.275. The van der Waals surface area contributed by atoms with Crippen LogP contribution < -0.4 is 5.73 Å². The summed E-state index contributed by atoms with van der Waals surface area (Å²) >= 11 is 0. The SMILES string of the molecule is NCCC1CCCN(C(=O)C(F)(F)C(F)(F)F)C1. The summed E-state index contributed by atoms with van der Waals surface area (Å²) in [5, 5.41) is 0. The Bertz CT molecular complexity index is 303. The van der Waals surface area contributed by atoms with Gasteiger partial charge >= 0.3 is 18.0 Å².